The maximum absolute atomic E-state index is 10.0. The molecule has 1 N–H and O–H groups in total. The fraction of sp³-hybridized carbons (Fsp3) is 0.769. The minimum Gasteiger partial charge on any atom is -0.493 e. The lowest BCUT2D eigenvalue weighted by Crippen LogP contribution is -2.01. The number of unbranched alkanes of at least 4 members (excludes halogenated alkanes) is 1. The van der Waals surface area contributed by atoms with Gasteiger partial charge in [-0.3, -0.25) is 0 Å². The predicted octanol–water partition coefficient (Wildman–Crippen LogP) is 3.15. The average Bonchev–Trinajstić information content (AvgIpc) is 2.51. The van der Waals surface area contributed by atoms with E-state index < -0.39 is 0 Å². The van der Waals surface area contributed by atoms with Crippen LogP contribution in [0.5, 0.6) is 5.88 Å². The standard InChI is InChI=1S/C13H24N2O/c1-5-7-8-15-13(16)11(6-2)12(14-15)9-10(3)4/h10,16H,5-9H2,1-4H3. The Morgan fingerprint density at radius 2 is 2.00 bits per heavy atom. The fourth-order valence-electron chi connectivity index (χ4n) is 1.91. The van der Waals surface area contributed by atoms with Crippen molar-refractivity contribution in [3.05, 3.63) is 11.3 Å². The Hall–Kier alpha value is -0.990. The molecule has 0 aromatic carbocycles. The molecule has 0 fully saturated rings. The molecule has 0 saturated heterocycles. The molecule has 0 spiro atoms. The number of hydrogen-bond donors (Lipinski definition) is 1. The Morgan fingerprint density at radius 3 is 2.50 bits per heavy atom. The van der Waals surface area contributed by atoms with Crippen LogP contribution in [-0.4, -0.2) is 14.9 Å². The molecule has 0 bridgehead atoms. The van der Waals surface area contributed by atoms with Crippen LogP contribution in [0, 0.1) is 5.92 Å². The number of aromatic nitrogens is 2. The number of hydrogen-bond acceptors (Lipinski definition) is 2. The van der Waals surface area contributed by atoms with Gasteiger partial charge in [0.1, 0.15) is 0 Å². The molecule has 92 valence electrons. The summed E-state index contributed by atoms with van der Waals surface area (Å²) in [6.45, 7) is 9.41. The third-order valence-corrected chi connectivity index (χ3v) is 2.78. The summed E-state index contributed by atoms with van der Waals surface area (Å²) in [5, 5.41) is 14.6. The summed E-state index contributed by atoms with van der Waals surface area (Å²) in [6.07, 6.45) is 4.01. The summed E-state index contributed by atoms with van der Waals surface area (Å²) in [6, 6.07) is 0. The maximum atomic E-state index is 10.0. The van der Waals surface area contributed by atoms with Gasteiger partial charge in [-0.25, -0.2) is 4.68 Å². The second-order valence-corrected chi connectivity index (χ2v) is 4.78. The molecular formula is C13H24N2O. The second-order valence-electron chi connectivity index (χ2n) is 4.78. The quantitative estimate of drug-likeness (QED) is 0.806. The molecule has 1 heterocycles. The van der Waals surface area contributed by atoms with Crippen LogP contribution < -0.4 is 0 Å². The van der Waals surface area contributed by atoms with E-state index in [1.54, 1.807) is 4.68 Å². The monoisotopic (exact) mass is 224 g/mol. The smallest absolute Gasteiger partial charge is 0.212 e. The second kappa shape index (κ2) is 5.92. The van der Waals surface area contributed by atoms with E-state index in [0.29, 0.717) is 11.8 Å². The van der Waals surface area contributed by atoms with Crippen LogP contribution in [0.1, 0.15) is 51.8 Å². The molecule has 3 nitrogen and oxygen atoms in total. The molecule has 0 atom stereocenters. The SMILES string of the molecule is CCCCn1nc(CC(C)C)c(CC)c1O. The fourth-order valence-corrected chi connectivity index (χ4v) is 1.91. The summed E-state index contributed by atoms with van der Waals surface area (Å²) >= 11 is 0. The van der Waals surface area contributed by atoms with Gasteiger partial charge in [-0.2, -0.15) is 5.10 Å². The first kappa shape index (κ1) is 13.1. The highest BCUT2D eigenvalue weighted by Gasteiger charge is 2.15. The lowest BCUT2D eigenvalue weighted by Gasteiger charge is -2.02. The summed E-state index contributed by atoms with van der Waals surface area (Å²) in [5.74, 6) is 0.964. The summed E-state index contributed by atoms with van der Waals surface area (Å²) in [4.78, 5) is 0. The van der Waals surface area contributed by atoms with E-state index in [0.717, 1.165) is 43.5 Å². The normalized spacial score (nSPS) is 11.3. The molecule has 0 aliphatic heterocycles. The number of aromatic hydroxyl groups is 1. The van der Waals surface area contributed by atoms with Crippen LogP contribution in [0.3, 0.4) is 0 Å². The Bertz CT molecular complexity index is 329. The van der Waals surface area contributed by atoms with Gasteiger partial charge in [-0.15, -0.1) is 0 Å². The van der Waals surface area contributed by atoms with E-state index in [-0.39, 0.29) is 0 Å². The van der Waals surface area contributed by atoms with Crippen molar-refractivity contribution in [3.8, 4) is 5.88 Å². The van der Waals surface area contributed by atoms with Crippen molar-refractivity contribution in [2.45, 2.75) is 59.9 Å². The van der Waals surface area contributed by atoms with Gasteiger partial charge >= 0.3 is 0 Å². The minimum atomic E-state index is 0.381. The van der Waals surface area contributed by atoms with Gasteiger partial charge in [0.05, 0.1) is 5.69 Å². The summed E-state index contributed by atoms with van der Waals surface area (Å²) in [7, 11) is 0. The molecule has 0 saturated carbocycles. The highest BCUT2D eigenvalue weighted by atomic mass is 16.3. The van der Waals surface area contributed by atoms with Crippen LogP contribution >= 0.6 is 0 Å². The lowest BCUT2D eigenvalue weighted by atomic mass is 10.0. The Morgan fingerprint density at radius 1 is 1.31 bits per heavy atom. The molecular weight excluding hydrogens is 200 g/mol. The largest absolute Gasteiger partial charge is 0.493 e. The van der Waals surface area contributed by atoms with Gasteiger partial charge in [0.25, 0.3) is 0 Å². The molecule has 1 aromatic heterocycles. The van der Waals surface area contributed by atoms with E-state index in [1.165, 1.54) is 0 Å². The Balaban J connectivity index is 2.90. The topological polar surface area (TPSA) is 38.0 Å². The van der Waals surface area contributed by atoms with Crippen LogP contribution in [0.25, 0.3) is 0 Å². The van der Waals surface area contributed by atoms with Gasteiger partial charge in [-0.1, -0.05) is 34.1 Å². The highest BCUT2D eigenvalue weighted by Crippen LogP contribution is 2.24. The highest BCUT2D eigenvalue weighted by molar-refractivity contribution is 5.30. The molecule has 16 heavy (non-hydrogen) atoms. The zero-order valence-electron chi connectivity index (χ0n) is 11.0. The molecule has 0 aliphatic carbocycles. The molecule has 0 radical (unpaired) electrons. The van der Waals surface area contributed by atoms with Crippen LogP contribution in [-0.2, 0) is 19.4 Å². The van der Waals surface area contributed by atoms with Crippen LogP contribution in [0.4, 0.5) is 0 Å². The molecule has 0 unspecified atom stereocenters. The van der Waals surface area contributed by atoms with Gasteiger partial charge in [0.15, 0.2) is 0 Å². The van der Waals surface area contributed by atoms with E-state index >= 15 is 0 Å². The summed E-state index contributed by atoms with van der Waals surface area (Å²) < 4.78 is 1.76. The van der Waals surface area contributed by atoms with E-state index in [2.05, 4.69) is 32.8 Å². The van der Waals surface area contributed by atoms with Crippen LogP contribution in [0.2, 0.25) is 0 Å². The van der Waals surface area contributed by atoms with E-state index in [4.69, 9.17) is 0 Å². The molecule has 3 heteroatoms. The summed E-state index contributed by atoms with van der Waals surface area (Å²) in [5.41, 5.74) is 2.11. The van der Waals surface area contributed by atoms with Crippen molar-refractivity contribution in [1.82, 2.24) is 9.78 Å². The average molecular weight is 224 g/mol. The third-order valence-electron chi connectivity index (χ3n) is 2.78. The maximum Gasteiger partial charge on any atom is 0.212 e. The van der Waals surface area contributed by atoms with Crippen molar-refractivity contribution >= 4 is 0 Å². The first-order chi connectivity index (χ1) is 7.60. The van der Waals surface area contributed by atoms with Gasteiger partial charge in [0.2, 0.25) is 5.88 Å². The molecule has 0 aliphatic rings. The number of rotatable bonds is 6. The molecule has 1 aromatic rings. The third kappa shape index (κ3) is 3.00. The zero-order valence-corrected chi connectivity index (χ0v) is 11.0. The van der Waals surface area contributed by atoms with Gasteiger partial charge in [-0.05, 0) is 25.2 Å². The lowest BCUT2D eigenvalue weighted by molar-refractivity contribution is 0.389. The first-order valence-electron chi connectivity index (χ1n) is 6.37. The minimum absolute atomic E-state index is 0.381. The van der Waals surface area contributed by atoms with Gasteiger partial charge in [0, 0.05) is 12.1 Å². The number of nitrogens with zero attached hydrogens (tertiary/aromatic N) is 2. The van der Waals surface area contributed by atoms with E-state index in [9.17, 15) is 5.11 Å². The van der Waals surface area contributed by atoms with Gasteiger partial charge < -0.3 is 5.11 Å². The predicted molar refractivity (Wildman–Crippen MR) is 66.7 cm³/mol. The zero-order chi connectivity index (χ0) is 12.1. The van der Waals surface area contributed by atoms with Crippen molar-refractivity contribution in [2.75, 3.05) is 0 Å². The van der Waals surface area contributed by atoms with Crippen molar-refractivity contribution in [1.29, 1.82) is 0 Å². The Labute approximate surface area is 98.5 Å². The number of aryl methyl sites for hydroxylation is 1. The Kier molecular flexibility index (Phi) is 4.84. The molecule has 0 amide bonds. The van der Waals surface area contributed by atoms with E-state index in [1.807, 2.05) is 0 Å². The van der Waals surface area contributed by atoms with Crippen molar-refractivity contribution in [3.63, 3.8) is 0 Å². The molecule has 1 rings (SSSR count). The van der Waals surface area contributed by atoms with Crippen molar-refractivity contribution in [2.24, 2.45) is 5.92 Å². The van der Waals surface area contributed by atoms with Crippen LogP contribution in [0.15, 0.2) is 0 Å². The van der Waals surface area contributed by atoms with Crippen molar-refractivity contribution < 1.29 is 5.11 Å². The first-order valence-corrected chi connectivity index (χ1v) is 6.37.